The van der Waals surface area contributed by atoms with E-state index in [1.54, 1.807) is 7.11 Å². The van der Waals surface area contributed by atoms with Crippen molar-refractivity contribution in [2.24, 2.45) is 0 Å². The lowest BCUT2D eigenvalue weighted by Crippen LogP contribution is -2.35. The van der Waals surface area contributed by atoms with Crippen LogP contribution in [-0.2, 0) is 17.8 Å². The zero-order chi connectivity index (χ0) is 15.1. The Morgan fingerprint density at radius 1 is 1.33 bits per heavy atom. The van der Waals surface area contributed by atoms with E-state index in [1.807, 2.05) is 0 Å². The van der Waals surface area contributed by atoms with Gasteiger partial charge in [-0.1, -0.05) is 13.0 Å². The molecule has 1 aromatic carbocycles. The molecule has 21 heavy (non-hydrogen) atoms. The minimum atomic E-state index is 0.551. The zero-order valence-corrected chi connectivity index (χ0v) is 13.5. The van der Waals surface area contributed by atoms with Gasteiger partial charge in [-0.3, -0.25) is 4.90 Å². The summed E-state index contributed by atoms with van der Waals surface area (Å²) in [6.45, 7) is 9.93. The highest BCUT2D eigenvalue weighted by atomic mass is 16.5. The number of nitrogens with zero attached hydrogens (tertiary/aromatic N) is 1. The van der Waals surface area contributed by atoms with Crippen molar-refractivity contribution in [2.75, 3.05) is 33.4 Å². The van der Waals surface area contributed by atoms with Crippen LogP contribution in [0.4, 0.5) is 0 Å². The average molecular weight is 292 g/mol. The maximum Gasteiger partial charge on any atom is 0.123 e. The van der Waals surface area contributed by atoms with Crippen molar-refractivity contribution >= 4 is 0 Å². The molecule has 1 aliphatic rings. The van der Waals surface area contributed by atoms with E-state index in [9.17, 15) is 0 Å². The molecule has 1 fully saturated rings. The number of nitrogens with one attached hydrogen (secondary N) is 1. The van der Waals surface area contributed by atoms with Gasteiger partial charge < -0.3 is 14.8 Å². The molecule has 0 saturated carbocycles. The Hall–Kier alpha value is -1.10. The normalized spacial score (nSPS) is 17.7. The molecular formula is C17H28N2O2. The van der Waals surface area contributed by atoms with Crippen molar-refractivity contribution in [3.63, 3.8) is 0 Å². The number of ether oxygens (including phenoxy) is 2. The van der Waals surface area contributed by atoms with Gasteiger partial charge in [0.05, 0.1) is 20.3 Å². The smallest absolute Gasteiger partial charge is 0.123 e. The summed E-state index contributed by atoms with van der Waals surface area (Å²) >= 11 is 0. The van der Waals surface area contributed by atoms with Crippen LogP contribution in [0.1, 0.15) is 31.4 Å². The summed E-state index contributed by atoms with van der Waals surface area (Å²) in [5.74, 6) is 0.980. The molecule has 1 aliphatic heterocycles. The van der Waals surface area contributed by atoms with E-state index in [4.69, 9.17) is 9.47 Å². The van der Waals surface area contributed by atoms with E-state index in [2.05, 4.69) is 42.3 Å². The van der Waals surface area contributed by atoms with Crippen molar-refractivity contribution in [1.82, 2.24) is 10.2 Å². The molecule has 1 aromatic rings. The van der Waals surface area contributed by atoms with E-state index in [0.717, 1.165) is 51.6 Å². The molecule has 0 amide bonds. The Bertz CT molecular complexity index is 431. The summed E-state index contributed by atoms with van der Waals surface area (Å²) < 4.78 is 10.9. The summed E-state index contributed by atoms with van der Waals surface area (Å²) in [6.07, 6.45) is 1.15. The summed E-state index contributed by atoms with van der Waals surface area (Å²) in [7, 11) is 1.75. The molecule has 0 aromatic heterocycles. The molecule has 1 N–H and O–H groups in total. The maximum absolute atomic E-state index is 5.51. The lowest BCUT2D eigenvalue weighted by atomic mass is 10.1. The van der Waals surface area contributed by atoms with Gasteiger partial charge in [-0.25, -0.2) is 0 Å². The lowest BCUT2D eigenvalue weighted by Gasteiger charge is -2.27. The van der Waals surface area contributed by atoms with E-state index in [0.29, 0.717) is 6.04 Å². The molecular weight excluding hydrogens is 264 g/mol. The number of benzene rings is 1. The van der Waals surface area contributed by atoms with Gasteiger partial charge in [-0.15, -0.1) is 0 Å². The topological polar surface area (TPSA) is 33.7 Å². The number of hydrogen-bond donors (Lipinski definition) is 1. The highest BCUT2D eigenvalue weighted by Gasteiger charge is 2.14. The first kappa shape index (κ1) is 16.3. The number of methoxy groups -OCH3 is 1. The van der Waals surface area contributed by atoms with Crippen LogP contribution in [-0.4, -0.2) is 44.4 Å². The third-order valence-corrected chi connectivity index (χ3v) is 4.11. The quantitative estimate of drug-likeness (QED) is 0.837. The Labute approximate surface area is 128 Å². The standard InChI is InChI=1S/C17H28N2O2/c1-4-14(2)18-12-15-5-6-17(20-3)16(11-15)13-19-7-9-21-10-8-19/h5-6,11,14,18H,4,7-10,12-13H2,1-3H3. The van der Waals surface area contributed by atoms with Crippen LogP contribution < -0.4 is 10.1 Å². The summed E-state index contributed by atoms with van der Waals surface area (Å²) in [5.41, 5.74) is 2.59. The van der Waals surface area contributed by atoms with Gasteiger partial charge in [0.1, 0.15) is 5.75 Å². The zero-order valence-electron chi connectivity index (χ0n) is 13.5. The molecule has 1 atom stereocenters. The Balaban J connectivity index is 2.02. The van der Waals surface area contributed by atoms with Gasteiger partial charge >= 0.3 is 0 Å². The molecule has 0 spiro atoms. The summed E-state index contributed by atoms with van der Waals surface area (Å²) in [6, 6.07) is 7.05. The molecule has 1 heterocycles. The van der Waals surface area contributed by atoms with Crippen LogP contribution >= 0.6 is 0 Å². The number of morpholine rings is 1. The predicted molar refractivity (Wildman–Crippen MR) is 85.7 cm³/mol. The van der Waals surface area contributed by atoms with Crippen LogP contribution in [0.2, 0.25) is 0 Å². The van der Waals surface area contributed by atoms with E-state index in [-0.39, 0.29) is 0 Å². The average Bonchev–Trinajstić information content (AvgIpc) is 2.53. The predicted octanol–water partition coefficient (Wildman–Crippen LogP) is 2.42. The Morgan fingerprint density at radius 2 is 2.10 bits per heavy atom. The van der Waals surface area contributed by atoms with Gasteiger partial charge in [0.15, 0.2) is 0 Å². The van der Waals surface area contributed by atoms with Crippen molar-refractivity contribution in [3.8, 4) is 5.75 Å². The second kappa shape index (κ2) is 8.37. The van der Waals surface area contributed by atoms with Crippen molar-refractivity contribution in [1.29, 1.82) is 0 Å². The minimum Gasteiger partial charge on any atom is -0.496 e. The van der Waals surface area contributed by atoms with Crippen LogP contribution in [0.15, 0.2) is 18.2 Å². The number of hydrogen-bond acceptors (Lipinski definition) is 4. The largest absolute Gasteiger partial charge is 0.496 e. The van der Waals surface area contributed by atoms with Crippen molar-refractivity contribution < 1.29 is 9.47 Å². The van der Waals surface area contributed by atoms with E-state index in [1.165, 1.54) is 11.1 Å². The second-order valence-corrected chi connectivity index (χ2v) is 5.72. The van der Waals surface area contributed by atoms with Crippen LogP contribution in [0.3, 0.4) is 0 Å². The van der Waals surface area contributed by atoms with Gasteiger partial charge in [0.25, 0.3) is 0 Å². The van der Waals surface area contributed by atoms with Gasteiger partial charge in [-0.05, 0) is 31.0 Å². The fraction of sp³-hybridized carbons (Fsp3) is 0.647. The molecule has 0 radical (unpaired) electrons. The van der Waals surface area contributed by atoms with Gasteiger partial charge in [0, 0.05) is 37.8 Å². The molecule has 4 nitrogen and oxygen atoms in total. The summed E-state index contributed by atoms with van der Waals surface area (Å²) in [5, 5.41) is 3.54. The Kier molecular flexibility index (Phi) is 6.49. The van der Waals surface area contributed by atoms with Crippen LogP contribution in [0.5, 0.6) is 5.75 Å². The third-order valence-electron chi connectivity index (χ3n) is 4.11. The first-order valence-electron chi connectivity index (χ1n) is 7.92. The first-order chi connectivity index (χ1) is 10.2. The SMILES string of the molecule is CCC(C)NCc1ccc(OC)c(CN2CCOCC2)c1. The Morgan fingerprint density at radius 3 is 2.76 bits per heavy atom. The molecule has 1 unspecified atom stereocenters. The number of rotatable bonds is 7. The van der Waals surface area contributed by atoms with Crippen LogP contribution in [0.25, 0.3) is 0 Å². The fourth-order valence-electron chi connectivity index (χ4n) is 2.50. The summed E-state index contributed by atoms with van der Waals surface area (Å²) in [4.78, 5) is 2.42. The lowest BCUT2D eigenvalue weighted by molar-refractivity contribution is 0.0339. The van der Waals surface area contributed by atoms with Gasteiger partial charge in [0.2, 0.25) is 0 Å². The fourth-order valence-corrected chi connectivity index (χ4v) is 2.50. The molecule has 0 bridgehead atoms. The highest BCUT2D eigenvalue weighted by molar-refractivity contribution is 5.37. The van der Waals surface area contributed by atoms with Crippen molar-refractivity contribution in [2.45, 2.75) is 39.4 Å². The molecule has 1 saturated heterocycles. The molecule has 2 rings (SSSR count). The third kappa shape index (κ3) is 4.99. The van der Waals surface area contributed by atoms with Gasteiger partial charge in [-0.2, -0.15) is 0 Å². The molecule has 0 aliphatic carbocycles. The monoisotopic (exact) mass is 292 g/mol. The first-order valence-corrected chi connectivity index (χ1v) is 7.92. The van der Waals surface area contributed by atoms with E-state index < -0.39 is 0 Å². The molecule has 4 heteroatoms. The molecule has 118 valence electrons. The minimum absolute atomic E-state index is 0.551. The maximum atomic E-state index is 5.51. The van der Waals surface area contributed by atoms with E-state index >= 15 is 0 Å². The highest BCUT2D eigenvalue weighted by Crippen LogP contribution is 2.22. The second-order valence-electron chi connectivity index (χ2n) is 5.72. The van der Waals surface area contributed by atoms with Crippen LogP contribution in [0, 0.1) is 0 Å². The van der Waals surface area contributed by atoms with Crippen molar-refractivity contribution in [3.05, 3.63) is 29.3 Å².